The Morgan fingerprint density at radius 2 is 2.05 bits per heavy atom. The summed E-state index contributed by atoms with van der Waals surface area (Å²) >= 11 is 1.66. The van der Waals surface area contributed by atoms with Gasteiger partial charge in [-0.15, -0.1) is 11.8 Å². The molecule has 1 unspecified atom stereocenters. The molecular formula is C15H23FN2OS. The Bertz CT molecular complexity index is 424. The predicted octanol–water partition coefficient (Wildman–Crippen LogP) is 2.94. The summed E-state index contributed by atoms with van der Waals surface area (Å²) in [5.74, 6) is 0.347. The van der Waals surface area contributed by atoms with Crippen molar-refractivity contribution >= 4 is 17.7 Å². The van der Waals surface area contributed by atoms with Crippen molar-refractivity contribution in [2.75, 3.05) is 12.3 Å². The number of primary amides is 1. The number of amides is 1. The summed E-state index contributed by atoms with van der Waals surface area (Å²) in [5.41, 5.74) is 4.83. The van der Waals surface area contributed by atoms with Crippen molar-refractivity contribution < 1.29 is 9.18 Å². The minimum absolute atomic E-state index is 0.223. The first kappa shape index (κ1) is 17.0. The first-order chi connectivity index (χ1) is 9.48. The highest BCUT2D eigenvalue weighted by molar-refractivity contribution is 7.99. The molecule has 20 heavy (non-hydrogen) atoms. The van der Waals surface area contributed by atoms with Crippen LogP contribution < -0.4 is 11.1 Å². The van der Waals surface area contributed by atoms with E-state index < -0.39 is 5.54 Å². The lowest BCUT2D eigenvalue weighted by Gasteiger charge is -2.27. The number of hydrogen-bond acceptors (Lipinski definition) is 3. The maximum atomic E-state index is 12.8. The lowest BCUT2D eigenvalue weighted by molar-refractivity contribution is -0.124. The summed E-state index contributed by atoms with van der Waals surface area (Å²) < 4.78 is 12.8. The van der Waals surface area contributed by atoms with Crippen LogP contribution in [-0.4, -0.2) is 23.7 Å². The monoisotopic (exact) mass is 298 g/mol. The average molecular weight is 298 g/mol. The zero-order valence-electron chi connectivity index (χ0n) is 12.1. The first-order valence-electron chi connectivity index (χ1n) is 6.91. The highest BCUT2D eigenvalue weighted by Gasteiger charge is 2.29. The van der Waals surface area contributed by atoms with Crippen molar-refractivity contribution in [1.82, 2.24) is 5.32 Å². The Morgan fingerprint density at radius 1 is 1.40 bits per heavy atom. The van der Waals surface area contributed by atoms with Gasteiger partial charge in [-0.25, -0.2) is 4.39 Å². The first-order valence-corrected chi connectivity index (χ1v) is 7.90. The van der Waals surface area contributed by atoms with Gasteiger partial charge in [0.2, 0.25) is 5.91 Å². The number of carbonyl (C=O) groups excluding carboxylic acids is 1. The van der Waals surface area contributed by atoms with Crippen LogP contribution in [0.1, 0.15) is 33.1 Å². The maximum absolute atomic E-state index is 12.8. The van der Waals surface area contributed by atoms with E-state index in [1.165, 1.54) is 12.1 Å². The molecule has 112 valence electrons. The third-order valence-electron chi connectivity index (χ3n) is 3.21. The molecule has 0 saturated heterocycles. The van der Waals surface area contributed by atoms with Crippen molar-refractivity contribution in [3.05, 3.63) is 30.1 Å². The number of halogens is 1. The summed E-state index contributed by atoms with van der Waals surface area (Å²) in [5, 5.41) is 3.22. The normalized spacial score (nSPS) is 13.9. The van der Waals surface area contributed by atoms with Crippen molar-refractivity contribution in [1.29, 1.82) is 0 Å². The Hall–Kier alpha value is -1.07. The van der Waals surface area contributed by atoms with E-state index in [2.05, 4.69) is 12.2 Å². The molecule has 3 nitrogen and oxygen atoms in total. The molecule has 1 aromatic rings. The largest absolute Gasteiger partial charge is 0.368 e. The quantitative estimate of drug-likeness (QED) is 0.544. The fourth-order valence-electron chi connectivity index (χ4n) is 1.85. The third kappa shape index (κ3) is 5.51. The lowest BCUT2D eigenvalue weighted by Crippen LogP contribution is -2.53. The molecule has 1 atom stereocenters. The molecule has 0 aliphatic rings. The Kier molecular flexibility index (Phi) is 7.02. The Morgan fingerprint density at radius 3 is 2.60 bits per heavy atom. The second-order valence-corrected chi connectivity index (χ2v) is 6.20. The molecule has 1 aromatic carbocycles. The van der Waals surface area contributed by atoms with E-state index in [9.17, 15) is 9.18 Å². The molecule has 1 rings (SSSR count). The molecule has 0 aromatic heterocycles. The van der Waals surface area contributed by atoms with Crippen LogP contribution in [0.15, 0.2) is 29.2 Å². The SMILES string of the molecule is CCCNC(C)(CCCSc1ccc(F)cc1)C(N)=O. The highest BCUT2D eigenvalue weighted by Crippen LogP contribution is 2.21. The summed E-state index contributed by atoms with van der Waals surface area (Å²) in [4.78, 5) is 12.6. The van der Waals surface area contributed by atoms with Gasteiger partial charge in [-0.2, -0.15) is 0 Å². The van der Waals surface area contributed by atoms with E-state index in [-0.39, 0.29) is 11.7 Å². The molecule has 0 spiro atoms. The molecule has 0 saturated carbocycles. The van der Waals surface area contributed by atoms with Crippen molar-refractivity contribution in [3.63, 3.8) is 0 Å². The fraction of sp³-hybridized carbons (Fsp3) is 0.533. The standard InChI is InChI=1S/C15H23FN2OS/c1-3-10-18-15(2,14(17)19)9-4-11-20-13-7-5-12(16)6-8-13/h5-8,18H,3-4,9-11H2,1-2H3,(H2,17,19). The molecule has 0 bridgehead atoms. The minimum Gasteiger partial charge on any atom is -0.368 e. The second kappa shape index (κ2) is 8.27. The number of rotatable bonds is 9. The number of carbonyl (C=O) groups is 1. The summed E-state index contributed by atoms with van der Waals surface area (Å²) in [6.07, 6.45) is 2.54. The molecule has 3 N–H and O–H groups in total. The average Bonchev–Trinajstić information content (AvgIpc) is 2.43. The third-order valence-corrected chi connectivity index (χ3v) is 4.31. The van der Waals surface area contributed by atoms with Crippen molar-refractivity contribution in [3.8, 4) is 0 Å². The number of hydrogen-bond donors (Lipinski definition) is 2. The Balaban J connectivity index is 2.37. The van der Waals surface area contributed by atoms with E-state index >= 15 is 0 Å². The fourth-order valence-corrected chi connectivity index (χ4v) is 2.70. The van der Waals surface area contributed by atoms with Gasteiger partial charge in [0.15, 0.2) is 0 Å². The van der Waals surface area contributed by atoms with E-state index in [0.29, 0.717) is 6.42 Å². The summed E-state index contributed by atoms with van der Waals surface area (Å²) in [6.45, 7) is 4.69. The molecule has 0 aliphatic carbocycles. The predicted molar refractivity (Wildman–Crippen MR) is 82.3 cm³/mol. The van der Waals surface area contributed by atoms with Gasteiger partial charge in [-0.3, -0.25) is 4.79 Å². The molecule has 0 aliphatic heterocycles. The number of nitrogens with one attached hydrogen (secondary N) is 1. The molecular weight excluding hydrogens is 275 g/mol. The van der Waals surface area contributed by atoms with Gasteiger partial charge in [-0.1, -0.05) is 6.92 Å². The van der Waals surface area contributed by atoms with Crippen molar-refractivity contribution in [2.45, 2.75) is 43.5 Å². The zero-order chi connectivity index (χ0) is 15.0. The van der Waals surface area contributed by atoms with Crippen LogP contribution in [0.3, 0.4) is 0 Å². The van der Waals surface area contributed by atoms with Crippen LogP contribution in [0.4, 0.5) is 4.39 Å². The van der Waals surface area contributed by atoms with Gasteiger partial charge in [0.25, 0.3) is 0 Å². The van der Waals surface area contributed by atoms with Crippen molar-refractivity contribution in [2.24, 2.45) is 5.73 Å². The van der Waals surface area contributed by atoms with Gasteiger partial charge in [-0.05, 0) is 62.7 Å². The number of thioether (sulfide) groups is 1. The molecule has 0 fully saturated rings. The van der Waals surface area contributed by atoms with Gasteiger partial charge in [0, 0.05) is 4.90 Å². The van der Waals surface area contributed by atoms with E-state index in [4.69, 9.17) is 5.73 Å². The van der Waals surface area contributed by atoms with E-state index in [1.54, 1.807) is 23.9 Å². The number of benzene rings is 1. The number of nitrogens with two attached hydrogens (primary N) is 1. The van der Waals surface area contributed by atoms with E-state index in [1.807, 2.05) is 6.92 Å². The maximum Gasteiger partial charge on any atom is 0.237 e. The van der Waals surface area contributed by atoms with Crippen LogP contribution in [0.2, 0.25) is 0 Å². The molecule has 0 radical (unpaired) electrons. The lowest BCUT2D eigenvalue weighted by atomic mass is 9.95. The van der Waals surface area contributed by atoms with Gasteiger partial charge in [0.1, 0.15) is 5.82 Å². The van der Waals surface area contributed by atoms with Crippen LogP contribution in [0.5, 0.6) is 0 Å². The topological polar surface area (TPSA) is 55.1 Å². The van der Waals surface area contributed by atoms with Crippen LogP contribution in [0.25, 0.3) is 0 Å². The van der Waals surface area contributed by atoms with Gasteiger partial charge < -0.3 is 11.1 Å². The molecule has 0 heterocycles. The minimum atomic E-state index is -0.640. The molecule has 5 heteroatoms. The van der Waals surface area contributed by atoms with Gasteiger partial charge >= 0.3 is 0 Å². The van der Waals surface area contributed by atoms with Gasteiger partial charge in [0.05, 0.1) is 5.54 Å². The summed E-state index contributed by atoms with van der Waals surface area (Å²) in [7, 11) is 0. The summed E-state index contributed by atoms with van der Waals surface area (Å²) in [6, 6.07) is 6.45. The highest BCUT2D eigenvalue weighted by atomic mass is 32.2. The molecule has 1 amide bonds. The van der Waals surface area contributed by atoms with Crippen LogP contribution in [0, 0.1) is 5.82 Å². The second-order valence-electron chi connectivity index (χ2n) is 5.03. The zero-order valence-corrected chi connectivity index (χ0v) is 12.9. The van der Waals surface area contributed by atoms with Crippen LogP contribution >= 0.6 is 11.8 Å². The smallest absolute Gasteiger partial charge is 0.237 e. The van der Waals surface area contributed by atoms with Crippen LogP contribution in [-0.2, 0) is 4.79 Å². The van der Waals surface area contributed by atoms with E-state index in [0.717, 1.165) is 30.0 Å². The Labute approximate surface area is 124 Å².